The monoisotopic (exact) mass is 632 g/mol. The first-order chi connectivity index (χ1) is 21.2. The lowest BCUT2D eigenvalue weighted by Gasteiger charge is -2.32. The Hall–Kier alpha value is -4.15. The van der Waals surface area contributed by atoms with Crippen LogP contribution in [-0.2, 0) is 21.0 Å². The average molecular weight is 633 g/mol. The van der Waals surface area contributed by atoms with Crippen molar-refractivity contribution in [2.24, 2.45) is 0 Å². The van der Waals surface area contributed by atoms with Crippen LogP contribution in [0.3, 0.4) is 0 Å². The number of hydrogen-bond donors (Lipinski definition) is 1. The number of aliphatic carboxylic acids is 1. The molecule has 10 heteroatoms. The van der Waals surface area contributed by atoms with Crippen molar-refractivity contribution in [1.82, 2.24) is 9.80 Å². The first-order valence-electron chi connectivity index (χ1n) is 14.5. The van der Waals surface area contributed by atoms with E-state index in [9.17, 15) is 19.5 Å². The molecular formula is C34H36N2O6S2. The minimum absolute atomic E-state index is 0.0186. The van der Waals surface area contributed by atoms with Crippen LogP contribution in [0.2, 0.25) is 0 Å². The highest BCUT2D eigenvalue weighted by atomic mass is 32.2. The lowest BCUT2D eigenvalue weighted by molar-refractivity contribution is -0.141. The molecule has 3 aromatic carbocycles. The highest BCUT2D eigenvalue weighted by Gasteiger charge is 2.34. The van der Waals surface area contributed by atoms with Crippen molar-refractivity contribution < 1.29 is 29.0 Å². The van der Waals surface area contributed by atoms with E-state index >= 15 is 0 Å². The molecule has 1 fully saturated rings. The van der Waals surface area contributed by atoms with Crippen molar-refractivity contribution in [3.8, 4) is 11.5 Å². The molecule has 1 N–H and O–H groups in total. The Kier molecular flexibility index (Phi) is 11.6. The number of benzene rings is 3. The van der Waals surface area contributed by atoms with Crippen LogP contribution in [0, 0.1) is 0 Å². The number of nitrogens with zero attached hydrogens (tertiary/aromatic N) is 2. The number of carboxylic acids is 1. The lowest BCUT2D eigenvalue weighted by atomic mass is 10.1. The average Bonchev–Trinajstić information content (AvgIpc) is 3.29. The maximum Gasteiger partial charge on any atom is 0.323 e. The number of thioether (sulfide) groups is 1. The molecule has 2 atom stereocenters. The molecule has 0 radical (unpaired) electrons. The van der Waals surface area contributed by atoms with Crippen LogP contribution >= 0.6 is 24.0 Å². The van der Waals surface area contributed by atoms with Gasteiger partial charge in [0.05, 0.1) is 4.91 Å². The summed E-state index contributed by atoms with van der Waals surface area (Å²) in [5.74, 6) is -1.01. The van der Waals surface area contributed by atoms with Crippen molar-refractivity contribution >= 4 is 52.2 Å². The zero-order chi connectivity index (χ0) is 31.6. The summed E-state index contributed by atoms with van der Waals surface area (Å²) in [6.07, 6.45) is 2.30. The maximum atomic E-state index is 14.1. The maximum absolute atomic E-state index is 14.1. The van der Waals surface area contributed by atoms with E-state index in [1.807, 2.05) is 79.4 Å². The minimum Gasteiger partial charge on any atom is -0.485 e. The molecule has 0 aromatic heterocycles. The molecule has 1 saturated heterocycles. The largest absolute Gasteiger partial charge is 0.485 e. The summed E-state index contributed by atoms with van der Waals surface area (Å²) in [5.41, 5.74) is 2.27. The molecule has 0 aliphatic carbocycles. The Bertz CT molecular complexity index is 1510. The number of carbonyl (C=O) groups excluding carboxylic acids is 2. The van der Waals surface area contributed by atoms with E-state index in [0.29, 0.717) is 34.1 Å². The highest BCUT2D eigenvalue weighted by molar-refractivity contribution is 8.26. The molecule has 44 heavy (non-hydrogen) atoms. The van der Waals surface area contributed by atoms with Gasteiger partial charge in [-0.25, -0.2) is 0 Å². The Morgan fingerprint density at radius 3 is 2.34 bits per heavy atom. The first-order valence-corrected chi connectivity index (χ1v) is 15.7. The molecule has 4 rings (SSSR count). The Labute approximate surface area is 267 Å². The third-order valence-electron chi connectivity index (χ3n) is 7.11. The summed E-state index contributed by atoms with van der Waals surface area (Å²) < 4.78 is 13.0. The summed E-state index contributed by atoms with van der Waals surface area (Å²) in [6, 6.07) is 24.3. The second-order valence-corrected chi connectivity index (χ2v) is 12.0. The fourth-order valence-electron chi connectivity index (χ4n) is 4.66. The van der Waals surface area contributed by atoms with Crippen LogP contribution < -0.4 is 9.47 Å². The zero-order valence-corrected chi connectivity index (χ0v) is 26.6. The van der Waals surface area contributed by atoms with E-state index in [2.05, 4.69) is 6.92 Å². The van der Waals surface area contributed by atoms with Gasteiger partial charge >= 0.3 is 5.97 Å². The van der Waals surface area contributed by atoms with E-state index in [0.717, 1.165) is 35.1 Å². The van der Waals surface area contributed by atoms with Crippen molar-refractivity contribution in [2.45, 2.75) is 52.4 Å². The molecule has 0 spiro atoms. The molecule has 3 aromatic rings. The SMILES string of the molecule is CCCN(C(=O)C(Oc1cc(/C=C2\SC(=S)N(CC(=O)O)C2=O)ccc1OCc1ccccc1)c1ccccc1)C(C)CC. The fourth-order valence-corrected chi connectivity index (χ4v) is 5.91. The molecule has 0 bridgehead atoms. The third kappa shape index (κ3) is 8.27. The van der Waals surface area contributed by atoms with Gasteiger partial charge in [-0.15, -0.1) is 0 Å². The van der Waals surface area contributed by atoms with Crippen LogP contribution in [0.1, 0.15) is 56.4 Å². The summed E-state index contributed by atoms with van der Waals surface area (Å²) in [5, 5.41) is 9.19. The molecule has 2 amide bonds. The van der Waals surface area contributed by atoms with Gasteiger partial charge in [0.15, 0.2) is 11.5 Å². The number of carboxylic acid groups (broad SMARTS) is 1. The van der Waals surface area contributed by atoms with E-state index in [1.54, 1.807) is 24.3 Å². The summed E-state index contributed by atoms with van der Waals surface area (Å²) >= 11 is 6.29. The smallest absolute Gasteiger partial charge is 0.323 e. The second-order valence-electron chi connectivity index (χ2n) is 10.3. The van der Waals surface area contributed by atoms with Crippen molar-refractivity contribution in [2.75, 3.05) is 13.1 Å². The number of carbonyl (C=O) groups is 3. The van der Waals surface area contributed by atoms with Gasteiger partial charge in [0.1, 0.15) is 17.5 Å². The van der Waals surface area contributed by atoms with E-state index < -0.39 is 24.5 Å². The number of amides is 2. The van der Waals surface area contributed by atoms with Crippen molar-refractivity contribution in [3.63, 3.8) is 0 Å². The quantitative estimate of drug-likeness (QED) is 0.155. The predicted octanol–water partition coefficient (Wildman–Crippen LogP) is 6.71. The number of ether oxygens (including phenoxy) is 2. The third-order valence-corrected chi connectivity index (χ3v) is 8.49. The molecule has 1 aliphatic heterocycles. The zero-order valence-electron chi connectivity index (χ0n) is 25.0. The number of rotatable bonds is 14. The van der Waals surface area contributed by atoms with Crippen LogP contribution in [0.5, 0.6) is 11.5 Å². The standard InChI is InChI=1S/C34H36N2O6S2/c1-4-18-35(23(3)5-2)33(40)31(26-14-10-7-11-15-26)42-28-19-25(16-17-27(28)41-22-24-12-8-6-9-13-24)20-29-32(39)36(21-30(37)38)34(43)44-29/h6-17,19-20,23,31H,4-5,18,21-22H2,1-3H3,(H,37,38)/b29-20-. The molecule has 1 heterocycles. The number of hydrogen-bond acceptors (Lipinski definition) is 7. The molecule has 1 aliphatic rings. The molecule has 230 valence electrons. The van der Waals surface area contributed by atoms with Gasteiger partial charge in [-0.1, -0.05) is 105 Å². The van der Waals surface area contributed by atoms with Gasteiger partial charge in [-0.05, 0) is 49.1 Å². The normalized spacial score (nSPS) is 15.2. The molecule has 2 unspecified atom stereocenters. The van der Waals surface area contributed by atoms with Gasteiger partial charge in [-0.2, -0.15) is 0 Å². The van der Waals surface area contributed by atoms with Crippen LogP contribution in [0.4, 0.5) is 0 Å². The van der Waals surface area contributed by atoms with Gasteiger partial charge in [0, 0.05) is 18.2 Å². The van der Waals surface area contributed by atoms with Gasteiger partial charge in [-0.3, -0.25) is 19.3 Å². The number of thiocarbonyl (C=S) groups is 1. The molecule has 8 nitrogen and oxygen atoms in total. The Morgan fingerprint density at radius 2 is 1.70 bits per heavy atom. The van der Waals surface area contributed by atoms with Gasteiger partial charge in [0.2, 0.25) is 6.10 Å². The van der Waals surface area contributed by atoms with Crippen LogP contribution in [0.15, 0.2) is 83.8 Å². The van der Waals surface area contributed by atoms with Crippen molar-refractivity contribution in [1.29, 1.82) is 0 Å². The van der Waals surface area contributed by atoms with E-state index in [1.165, 1.54) is 0 Å². The van der Waals surface area contributed by atoms with Crippen LogP contribution in [0.25, 0.3) is 6.08 Å². The Balaban J connectivity index is 1.74. The fraction of sp³-hybridized carbons (Fsp3) is 0.294. The summed E-state index contributed by atoms with van der Waals surface area (Å²) in [6.45, 7) is 6.49. The van der Waals surface area contributed by atoms with E-state index in [4.69, 9.17) is 21.7 Å². The minimum atomic E-state index is -1.15. The second kappa shape index (κ2) is 15.5. The van der Waals surface area contributed by atoms with Gasteiger partial charge in [0.25, 0.3) is 11.8 Å². The molecule has 0 saturated carbocycles. The van der Waals surface area contributed by atoms with Gasteiger partial charge < -0.3 is 19.5 Å². The predicted molar refractivity (Wildman–Crippen MR) is 176 cm³/mol. The van der Waals surface area contributed by atoms with Crippen molar-refractivity contribution in [3.05, 3.63) is 100 Å². The van der Waals surface area contributed by atoms with E-state index in [-0.39, 0.29) is 22.9 Å². The highest BCUT2D eigenvalue weighted by Crippen LogP contribution is 2.37. The first kappa shape index (κ1) is 32.8. The van der Waals surface area contributed by atoms with Crippen LogP contribution in [-0.4, -0.2) is 56.1 Å². The summed E-state index contributed by atoms with van der Waals surface area (Å²) in [7, 11) is 0. The molecular weight excluding hydrogens is 597 g/mol. The lowest BCUT2D eigenvalue weighted by Crippen LogP contribution is -2.43. The Morgan fingerprint density at radius 1 is 1.02 bits per heavy atom. The topological polar surface area (TPSA) is 96.4 Å². The summed E-state index contributed by atoms with van der Waals surface area (Å²) in [4.78, 5) is 41.5.